The Balaban J connectivity index is 2.52. The van der Waals surface area contributed by atoms with Crippen LogP contribution in [-0.4, -0.2) is 29.8 Å². The minimum atomic E-state index is -2.86. The number of nitrogens with one attached hydrogen (secondary N) is 1. The van der Waals surface area contributed by atoms with Crippen molar-refractivity contribution in [2.24, 2.45) is 5.92 Å². The molecule has 0 saturated carbocycles. The molecular formula is C16H21F2NO3. The Morgan fingerprint density at radius 2 is 1.95 bits per heavy atom. The van der Waals surface area contributed by atoms with Crippen LogP contribution in [0.25, 0.3) is 6.08 Å². The van der Waals surface area contributed by atoms with Gasteiger partial charge in [0.2, 0.25) is 5.91 Å². The van der Waals surface area contributed by atoms with Gasteiger partial charge in [0.25, 0.3) is 0 Å². The highest BCUT2D eigenvalue weighted by Gasteiger charge is 2.24. The number of hydrogen-bond acceptors (Lipinski definition) is 3. The number of alkyl halides is 2. The Morgan fingerprint density at radius 1 is 1.36 bits per heavy atom. The maximum absolute atomic E-state index is 12.0. The molecule has 0 saturated heterocycles. The monoisotopic (exact) mass is 313 g/mol. The fourth-order valence-corrected chi connectivity index (χ4v) is 1.46. The molecule has 0 spiro atoms. The van der Waals surface area contributed by atoms with Gasteiger partial charge in [0.1, 0.15) is 5.75 Å². The molecule has 0 aromatic heterocycles. The van der Waals surface area contributed by atoms with Gasteiger partial charge in [-0.25, -0.2) is 0 Å². The molecule has 1 unspecified atom stereocenters. The average Bonchev–Trinajstić information content (AvgIpc) is 2.43. The molecule has 1 aromatic rings. The third-order valence-corrected chi connectivity index (χ3v) is 3.40. The second-order valence-electron chi connectivity index (χ2n) is 5.51. The van der Waals surface area contributed by atoms with Gasteiger partial charge in [-0.2, -0.15) is 8.78 Å². The lowest BCUT2D eigenvalue weighted by molar-refractivity contribution is -0.118. The number of amides is 1. The van der Waals surface area contributed by atoms with Gasteiger partial charge in [0, 0.05) is 12.6 Å². The number of halogens is 2. The summed E-state index contributed by atoms with van der Waals surface area (Å²) in [5, 5.41) is 12.6. The van der Waals surface area contributed by atoms with Crippen LogP contribution >= 0.6 is 0 Å². The van der Waals surface area contributed by atoms with E-state index in [1.54, 1.807) is 25.1 Å². The van der Waals surface area contributed by atoms with Crippen molar-refractivity contribution in [1.82, 2.24) is 5.32 Å². The standard InChI is InChI=1S/C16H21F2NO3/c1-11(2)16(3,21)10-19-14(20)9-6-12-4-7-13(8-5-12)22-15(17)18/h4-9,11,15,21H,10H2,1-3H3,(H,19,20)/b9-6+. The van der Waals surface area contributed by atoms with Crippen LogP contribution in [0.15, 0.2) is 30.3 Å². The van der Waals surface area contributed by atoms with Crippen LogP contribution in [0.2, 0.25) is 0 Å². The summed E-state index contributed by atoms with van der Waals surface area (Å²) in [6, 6.07) is 5.91. The molecule has 0 aliphatic carbocycles. The summed E-state index contributed by atoms with van der Waals surface area (Å²) in [6.45, 7) is 2.68. The summed E-state index contributed by atoms with van der Waals surface area (Å²) in [4.78, 5) is 11.7. The first kappa shape index (κ1) is 18.1. The van der Waals surface area contributed by atoms with Crippen molar-refractivity contribution >= 4 is 12.0 Å². The molecule has 0 bridgehead atoms. The molecular weight excluding hydrogens is 292 g/mol. The van der Waals surface area contributed by atoms with E-state index in [-0.39, 0.29) is 24.1 Å². The first-order valence-electron chi connectivity index (χ1n) is 6.94. The largest absolute Gasteiger partial charge is 0.435 e. The van der Waals surface area contributed by atoms with Crippen LogP contribution in [0, 0.1) is 5.92 Å². The zero-order chi connectivity index (χ0) is 16.8. The topological polar surface area (TPSA) is 58.6 Å². The fraction of sp³-hybridized carbons (Fsp3) is 0.438. The van der Waals surface area contributed by atoms with Crippen molar-refractivity contribution < 1.29 is 23.4 Å². The zero-order valence-corrected chi connectivity index (χ0v) is 12.8. The Morgan fingerprint density at radius 3 is 2.45 bits per heavy atom. The Kier molecular flexibility index (Phi) is 6.49. The van der Waals surface area contributed by atoms with E-state index in [4.69, 9.17) is 0 Å². The third kappa shape index (κ3) is 6.22. The predicted molar refractivity (Wildman–Crippen MR) is 80.6 cm³/mol. The Labute approximate surface area is 128 Å². The smallest absolute Gasteiger partial charge is 0.387 e. The van der Waals surface area contributed by atoms with Crippen molar-refractivity contribution in [2.75, 3.05) is 6.54 Å². The van der Waals surface area contributed by atoms with Crippen LogP contribution in [0.4, 0.5) is 8.78 Å². The quantitative estimate of drug-likeness (QED) is 0.761. The van der Waals surface area contributed by atoms with E-state index in [1.807, 2.05) is 13.8 Å². The van der Waals surface area contributed by atoms with Gasteiger partial charge in [0.15, 0.2) is 0 Å². The van der Waals surface area contributed by atoms with E-state index in [0.717, 1.165) is 0 Å². The Hall–Kier alpha value is -1.95. The van der Waals surface area contributed by atoms with Crippen LogP contribution < -0.4 is 10.1 Å². The summed E-state index contributed by atoms with van der Waals surface area (Å²) in [5.41, 5.74) is -0.301. The van der Waals surface area contributed by atoms with Crippen molar-refractivity contribution in [1.29, 1.82) is 0 Å². The normalized spacial score (nSPS) is 14.4. The molecule has 6 heteroatoms. The summed E-state index contributed by atoms with van der Waals surface area (Å²) in [5.74, 6) is -0.266. The zero-order valence-electron chi connectivity index (χ0n) is 12.8. The Bertz CT molecular complexity index is 511. The first-order valence-corrected chi connectivity index (χ1v) is 6.94. The minimum absolute atomic E-state index is 0.0131. The van der Waals surface area contributed by atoms with E-state index < -0.39 is 12.2 Å². The molecule has 22 heavy (non-hydrogen) atoms. The summed E-state index contributed by atoms with van der Waals surface area (Å²) >= 11 is 0. The number of hydrogen-bond donors (Lipinski definition) is 2. The van der Waals surface area contributed by atoms with Gasteiger partial charge in [-0.3, -0.25) is 4.79 Å². The van der Waals surface area contributed by atoms with Crippen LogP contribution in [0.5, 0.6) is 5.75 Å². The molecule has 2 N–H and O–H groups in total. The number of rotatable bonds is 7. The molecule has 1 aromatic carbocycles. The second kappa shape index (κ2) is 7.89. The van der Waals surface area contributed by atoms with E-state index in [1.165, 1.54) is 18.2 Å². The highest BCUT2D eigenvalue weighted by molar-refractivity contribution is 5.91. The van der Waals surface area contributed by atoms with Crippen molar-refractivity contribution in [3.05, 3.63) is 35.9 Å². The molecule has 0 heterocycles. The number of aliphatic hydroxyl groups is 1. The van der Waals surface area contributed by atoms with E-state index in [0.29, 0.717) is 5.56 Å². The third-order valence-electron chi connectivity index (χ3n) is 3.40. The fourth-order valence-electron chi connectivity index (χ4n) is 1.46. The molecule has 0 fully saturated rings. The molecule has 4 nitrogen and oxygen atoms in total. The van der Waals surface area contributed by atoms with Crippen molar-refractivity contribution in [3.8, 4) is 5.75 Å². The molecule has 0 aliphatic heterocycles. The van der Waals surface area contributed by atoms with Crippen LogP contribution in [0.1, 0.15) is 26.3 Å². The predicted octanol–water partition coefficient (Wildman–Crippen LogP) is 2.82. The van der Waals surface area contributed by atoms with Crippen LogP contribution in [-0.2, 0) is 4.79 Å². The maximum Gasteiger partial charge on any atom is 0.387 e. The van der Waals surface area contributed by atoms with Gasteiger partial charge in [-0.1, -0.05) is 26.0 Å². The second-order valence-corrected chi connectivity index (χ2v) is 5.51. The van der Waals surface area contributed by atoms with E-state index >= 15 is 0 Å². The molecule has 0 aliphatic rings. The van der Waals surface area contributed by atoms with Crippen LogP contribution in [0.3, 0.4) is 0 Å². The van der Waals surface area contributed by atoms with Gasteiger partial charge < -0.3 is 15.2 Å². The van der Waals surface area contributed by atoms with Gasteiger partial charge in [-0.15, -0.1) is 0 Å². The lowest BCUT2D eigenvalue weighted by Crippen LogP contribution is -2.43. The highest BCUT2D eigenvalue weighted by atomic mass is 19.3. The number of carbonyl (C=O) groups excluding carboxylic acids is 1. The molecule has 1 rings (SSSR count). The van der Waals surface area contributed by atoms with Crippen molar-refractivity contribution in [2.45, 2.75) is 33.0 Å². The average molecular weight is 313 g/mol. The highest BCUT2D eigenvalue weighted by Crippen LogP contribution is 2.16. The van der Waals surface area contributed by atoms with Gasteiger partial charge >= 0.3 is 6.61 Å². The minimum Gasteiger partial charge on any atom is -0.435 e. The number of benzene rings is 1. The van der Waals surface area contributed by atoms with Gasteiger partial charge in [0.05, 0.1) is 5.60 Å². The summed E-state index contributed by atoms with van der Waals surface area (Å²) in [7, 11) is 0. The van der Waals surface area contributed by atoms with Gasteiger partial charge in [-0.05, 0) is 36.6 Å². The maximum atomic E-state index is 12.0. The summed E-state index contributed by atoms with van der Waals surface area (Å²) < 4.78 is 28.2. The number of carbonyl (C=O) groups is 1. The molecule has 122 valence electrons. The SMILES string of the molecule is CC(C)C(C)(O)CNC(=O)/C=C/c1ccc(OC(F)F)cc1. The first-order chi connectivity index (χ1) is 10.2. The molecule has 0 radical (unpaired) electrons. The molecule has 1 amide bonds. The van der Waals surface area contributed by atoms with Crippen molar-refractivity contribution in [3.63, 3.8) is 0 Å². The summed E-state index contributed by atoms with van der Waals surface area (Å²) in [6.07, 6.45) is 2.87. The number of ether oxygens (including phenoxy) is 1. The van der Waals surface area contributed by atoms with E-state index in [9.17, 15) is 18.7 Å². The lowest BCUT2D eigenvalue weighted by Gasteiger charge is -2.27. The molecule has 1 atom stereocenters. The van der Waals surface area contributed by atoms with E-state index in [2.05, 4.69) is 10.1 Å². The lowest BCUT2D eigenvalue weighted by atomic mass is 9.92.